The number of hydrogen-bond donors (Lipinski definition) is 1. The highest BCUT2D eigenvalue weighted by Crippen LogP contribution is 2.06. The molecule has 0 bridgehead atoms. The zero-order chi connectivity index (χ0) is 8.97. The Morgan fingerprint density at radius 2 is 2.50 bits per heavy atom. The second-order valence-corrected chi connectivity index (χ2v) is 2.57. The van der Waals surface area contributed by atoms with Gasteiger partial charge in [0, 0.05) is 6.42 Å². The van der Waals surface area contributed by atoms with Crippen LogP contribution < -0.4 is 5.32 Å². The fraction of sp³-hybridized carbons (Fsp3) is 0.714. The first-order chi connectivity index (χ1) is 5.72. The fourth-order valence-electron chi connectivity index (χ4n) is 1.03. The van der Waals surface area contributed by atoms with Gasteiger partial charge in [0.2, 0.25) is 5.91 Å². The molecule has 0 spiro atoms. The minimum Gasteiger partial charge on any atom is -0.438 e. The van der Waals surface area contributed by atoms with E-state index in [2.05, 4.69) is 14.8 Å². The van der Waals surface area contributed by atoms with Crippen LogP contribution in [0.25, 0.3) is 0 Å². The summed E-state index contributed by atoms with van der Waals surface area (Å²) < 4.78 is 8.91. The quantitative estimate of drug-likeness (QED) is 0.599. The maximum absolute atomic E-state index is 10.7. The van der Waals surface area contributed by atoms with Gasteiger partial charge in [-0.2, -0.15) is 0 Å². The van der Waals surface area contributed by atoms with Crippen LogP contribution in [0, 0.1) is 0 Å². The van der Waals surface area contributed by atoms with E-state index in [1.807, 2.05) is 0 Å². The summed E-state index contributed by atoms with van der Waals surface area (Å²) in [5, 5.41) is 2.66. The molecule has 1 atom stereocenters. The van der Waals surface area contributed by atoms with E-state index in [0.29, 0.717) is 6.42 Å². The average Bonchev–Trinajstić information content (AvgIpc) is 2.47. The standard InChI is InChI=1S/C7H11NO4/c1-11-7(10)12-4-5-2-3-6(9)8-5/h5H,2-4H2,1H3,(H,8,9)/t5-/m0/s1. The first-order valence-electron chi connectivity index (χ1n) is 3.72. The van der Waals surface area contributed by atoms with E-state index in [0.717, 1.165) is 6.42 Å². The third-order valence-electron chi connectivity index (χ3n) is 1.65. The minimum atomic E-state index is -0.712. The van der Waals surface area contributed by atoms with E-state index in [9.17, 15) is 9.59 Å². The number of hydrogen-bond acceptors (Lipinski definition) is 4. The second-order valence-electron chi connectivity index (χ2n) is 2.57. The summed E-state index contributed by atoms with van der Waals surface area (Å²) in [7, 11) is 1.25. The molecule has 0 aromatic heterocycles. The van der Waals surface area contributed by atoms with E-state index < -0.39 is 6.16 Å². The van der Waals surface area contributed by atoms with E-state index in [4.69, 9.17) is 0 Å². The molecule has 0 saturated carbocycles. The van der Waals surface area contributed by atoms with Crippen molar-refractivity contribution >= 4 is 12.1 Å². The van der Waals surface area contributed by atoms with Crippen molar-refractivity contribution in [1.29, 1.82) is 0 Å². The van der Waals surface area contributed by atoms with Crippen LogP contribution in [-0.4, -0.2) is 31.8 Å². The van der Waals surface area contributed by atoms with Crippen molar-refractivity contribution in [3.05, 3.63) is 0 Å². The summed E-state index contributed by atoms with van der Waals surface area (Å²) in [5.74, 6) is 0.00784. The molecule has 1 aliphatic heterocycles. The van der Waals surface area contributed by atoms with Crippen LogP contribution in [-0.2, 0) is 14.3 Å². The highest BCUT2D eigenvalue weighted by Gasteiger charge is 2.21. The smallest absolute Gasteiger partial charge is 0.438 e. The first-order valence-corrected chi connectivity index (χ1v) is 3.72. The number of nitrogens with one attached hydrogen (secondary N) is 1. The van der Waals surface area contributed by atoms with Gasteiger partial charge in [-0.25, -0.2) is 4.79 Å². The minimum absolute atomic E-state index is 0.00784. The Morgan fingerprint density at radius 3 is 3.00 bits per heavy atom. The molecule has 0 radical (unpaired) electrons. The van der Waals surface area contributed by atoms with E-state index >= 15 is 0 Å². The van der Waals surface area contributed by atoms with Crippen molar-refractivity contribution in [3.8, 4) is 0 Å². The normalized spacial score (nSPS) is 21.8. The lowest BCUT2D eigenvalue weighted by atomic mass is 10.2. The summed E-state index contributed by atoms with van der Waals surface area (Å²) in [6.45, 7) is 0.193. The molecular weight excluding hydrogens is 162 g/mol. The van der Waals surface area contributed by atoms with Gasteiger partial charge in [-0.15, -0.1) is 0 Å². The molecule has 1 aliphatic rings. The molecule has 1 rings (SSSR count). The Morgan fingerprint density at radius 1 is 1.75 bits per heavy atom. The van der Waals surface area contributed by atoms with Crippen molar-refractivity contribution in [2.75, 3.05) is 13.7 Å². The topological polar surface area (TPSA) is 64.6 Å². The first kappa shape index (κ1) is 8.83. The Labute approximate surface area is 70.0 Å². The highest BCUT2D eigenvalue weighted by molar-refractivity contribution is 5.78. The molecule has 0 unspecified atom stereocenters. The predicted octanol–water partition coefficient (Wildman–Crippen LogP) is 0.0480. The van der Waals surface area contributed by atoms with Gasteiger partial charge in [0.25, 0.3) is 0 Å². The molecule has 5 heteroatoms. The molecule has 68 valence electrons. The van der Waals surface area contributed by atoms with Crippen molar-refractivity contribution in [2.45, 2.75) is 18.9 Å². The number of methoxy groups -OCH3 is 1. The molecule has 12 heavy (non-hydrogen) atoms. The van der Waals surface area contributed by atoms with Gasteiger partial charge in [0.05, 0.1) is 13.2 Å². The number of amides is 1. The van der Waals surface area contributed by atoms with Crippen molar-refractivity contribution in [2.24, 2.45) is 0 Å². The number of rotatable bonds is 2. The average molecular weight is 173 g/mol. The SMILES string of the molecule is COC(=O)OC[C@@H]1CCC(=O)N1. The van der Waals surface area contributed by atoms with E-state index in [-0.39, 0.29) is 18.6 Å². The Hall–Kier alpha value is -1.26. The van der Waals surface area contributed by atoms with Crippen LogP contribution in [0.15, 0.2) is 0 Å². The molecule has 0 aromatic rings. The molecule has 1 heterocycles. The molecule has 1 N–H and O–H groups in total. The van der Waals surface area contributed by atoms with Gasteiger partial charge in [0.1, 0.15) is 6.61 Å². The molecule has 0 aliphatic carbocycles. The van der Waals surface area contributed by atoms with Crippen molar-refractivity contribution < 1.29 is 19.1 Å². The van der Waals surface area contributed by atoms with E-state index in [1.165, 1.54) is 7.11 Å². The van der Waals surface area contributed by atoms with Crippen LogP contribution in [0.4, 0.5) is 4.79 Å². The van der Waals surface area contributed by atoms with E-state index in [1.54, 1.807) is 0 Å². The number of ether oxygens (including phenoxy) is 2. The summed E-state index contributed by atoms with van der Waals surface area (Å²) in [6.07, 6.45) is 0.515. The summed E-state index contributed by atoms with van der Waals surface area (Å²) in [5.41, 5.74) is 0. The van der Waals surface area contributed by atoms with Crippen LogP contribution in [0.3, 0.4) is 0 Å². The van der Waals surface area contributed by atoms with Crippen LogP contribution in [0.5, 0.6) is 0 Å². The van der Waals surface area contributed by atoms with Gasteiger partial charge in [-0.3, -0.25) is 4.79 Å². The fourth-order valence-corrected chi connectivity index (χ4v) is 1.03. The molecular formula is C7H11NO4. The predicted molar refractivity (Wildman–Crippen MR) is 39.5 cm³/mol. The Kier molecular flexibility index (Phi) is 2.90. The third-order valence-corrected chi connectivity index (χ3v) is 1.65. The lowest BCUT2D eigenvalue weighted by Gasteiger charge is -2.08. The highest BCUT2D eigenvalue weighted by atomic mass is 16.7. The molecule has 0 aromatic carbocycles. The van der Waals surface area contributed by atoms with Gasteiger partial charge in [-0.05, 0) is 6.42 Å². The summed E-state index contributed by atoms with van der Waals surface area (Å²) >= 11 is 0. The Bertz CT molecular complexity index is 192. The summed E-state index contributed by atoms with van der Waals surface area (Å²) in [6, 6.07) is -0.0448. The molecule has 1 fully saturated rings. The Balaban J connectivity index is 2.16. The zero-order valence-corrected chi connectivity index (χ0v) is 6.83. The lowest BCUT2D eigenvalue weighted by molar-refractivity contribution is -0.119. The van der Waals surface area contributed by atoms with Gasteiger partial charge < -0.3 is 14.8 Å². The summed E-state index contributed by atoms with van der Waals surface area (Å²) in [4.78, 5) is 21.2. The maximum atomic E-state index is 10.7. The molecule has 1 amide bonds. The molecule has 1 saturated heterocycles. The molecule has 5 nitrogen and oxygen atoms in total. The largest absolute Gasteiger partial charge is 0.508 e. The van der Waals surface area contributed by atoms with Crippen LogP contribution >= 0.6 is 0 Å². The maximum Gasteiger partial charge on any atom is 0.508 e. The van der Waals surface area contributed by atoms with Gasteiger partial charge in [-0.1, -0.05) is 0 Å². The zero-order valence-electron chi connectivity index (χ0n) is 6.83. The second kappa shape index (κ2) is 3.94. The number of carbonyl (C=O) groups is 2. The van der Waals surface area contributed by atoms with Crippen LogP contribution in [0.1, 0.15) is 12.8 Å². The van der Waals surface area contributed by atoms with Gasteiger partial charge in [0.15, 0.2) is 0 Å². The van der Waals surface area contributed by atoms with Gasteiger partial charge >= 0.3 is 6.16 Å². The van der Waals surface area contributed by atoms with Crippen LogP contribution in [0.2, 0.25) is 0 Å². The van der Waals surface area contributed by atoms with Crippen molar-refractivity contribution in [3.63, 3.8) is 0 Å². The van der Waals surface area contributed by atoms with Crippen molar-refractivity contribution in [1.82, 2.24) is 5.32 Å². The monoisotopic (exact) mass is 173 g/mol. The third kappa shape index (κ3) is 2.41. The lowest BCUT2D eigenvalue weighted by Crippen LogP contribution is -2.30. The number of carbonyl (C=O) groups excluding carboxylic acids is 2.